The van der Waals surface area contributed by atoms with E-state index in [4.69, 9.17) is 18.5 Å². The Kier molecular flexibility index (Phi) is 34.4. The summed E-state index contributed by atoms with van der Waals surface area (Å²) in [6.07, 6.45) is 21.7. The summed E-state index contributed by atoms with van der Waals surface area (Å²) < 4.78 is 33.3. The van der Waals surface area contributed by atoms with Crippen LogP contribution in [-0.2, 0) is 32.7 Å². The zero-order valence-electron chi connectivity index (χ0n) is 38.1. The van der Waals surface area contributed by atoms with Crippen molar-refractivity contribution in [2.75, 3.05) is 13.2 Å². The lowest BCUT2D eigenvalue weighted by Gasteiger charge is -2.41. The van der Waals surface area contributed by atoms with E-state index in [0.717, 1.165) is 64.2 Å². The molecule has 366 valence electrons. The SMILES string of the molecule is CCCCC/C=C\C/C=C\C/C=C\CC(O)C(O)CCCC(=O)OC[C@H](COP(=O)(O)OC1[C@H](O)[C@H](O)C(O)[C@H](O)[C@H]1O)OC(=O)CCCCCCCCC/C=C\CCCCCC. The van der Waals surface area contributed by atoms with Crippen LogP contribution in [-0.4, -0.2) is 121 Å². The van der Waals surface area contributed by atoms with Crippen molar-refractivity contribution in [1.82, 2.24) is 0 Å². The first-order valence-electron chi connectivity index (χ1n) is 23.6. The van der Waals surface area contributed by atoms with Gasteiger partial charge in [0.05, 0.1) is 18.8 Å². The fourth-order valence-electron chi connectivity index (χ4n) is 6.85. The van der Waals surface area contributed by atoms with Crippen molar-refractivity contribution in [2.24, 2.45) is 0 Å². The molecular formula is C47H83O15P. The maximum Gasteiger partial charge on any atom is 0.472 e. The van der Waals surface area contributed by atoms with Crippen molar-refractivity contribution in [3.8, 4) is 0 Å². The number of allylic oxidation sites excluding steroid dienone is 7. The van der Waals surface area contributed by atoms with Crippen molar-refractivity contribution < 1.29 is 73.3 Å². The van der Waals surface area contributed by atoms with Gasteiger partial charge in [0.2, 0.25) is 0 Å². The fourth-order valence-corrected chi connectivity index (χ4v) is 7.83. The highest BCUT2D eigenvalue weighted by molar-refractivity contribution is 7.47. The molecular weight excluding hydrogens is 835 g/mol. The molecule has 0 saturated heterocycles. The Balaban J connectivity index is 2.57. The van der Waals surface area contributed by atoms with Gasteiger partial charge >= 0.3 is 19.8 Å². The Morgan fingerprint density at radius 2 is 1.02 bits per heavy atom. The van der Waals surface area contributed by atoms with Crippen LogP contribution < -0.4 is 0 Å². The van der Waals surface area contributed by atoms with Crippen molar-refractivity contribution in [3.63, 3.8) is 0 Å². The predicted molar refractivity (Wildman–Crippen MR) is 242 cm³/mol. The number of phosphoric acid groups is 1. The molecule has 63 heavy (non-hydrogen) atoms. The molecule has 1 aliphatic carbocycles. The number of aliphatic hydroxyl groups is 7. The molecule has 15 nitrogen and oxygen atoms in total. The monoisotopic (exact) mass is 919 g/mol. The van der Waals surface area contributed by atoms with E-state index in [1.165, 1.54) is 44.9 Å². The van der Waals surface area contributed by atoms with E-state index in [9.17, 15) is 54.8 Å². The minimum absolute atomic E-state index is 0.0301. The zero-order chi connectivity index (χ0) is 46.7. The van der Waals surface area contributed by atoms with Crippen LogP contribution >= 0.6 is 7.82 Å². The fraction of sp³-hybridized carbons (Fsp3) is 0.787. The first-order valence-corrected chi connectivity index (χ1v) is 25.1. The van der Waals surface area contributed by atoms with Crippen molar-refractivity contribution in [3.05, 3.63) is 48.6 Å². The Morgan fingerprint density at radius 3 is 1.62 bits per heavy atom. The van der Waals surface area contributed by atoms with E-state index in [1.807, 2.05) is 12.2 Å². The van der Waals surface area contributed by atoms with E-state index in [-0.39, 0.29) is 32.1 Å². The lowest BCUT2D eigenvalue weighted by Crippen LogP contribution is -2.64. The van der Waals surface area contributed by atoms with Gasteiger partial charge in [-0.25, -0.2) is 4.57 Å². The molecule has 0 aromatic rings. The molecule has 0 radical (unpaired) electrons. The van der Waals surface area contributed by atoms with Crippen molar-refractivity contribution in [1.29, 1.82) is 0 Å². The van der Waals surface area contributed by atoms with Crippen LogP contribution in [0.5, 0.6) is 0 Å². The third-order valence-corrected chi connectivity index (χ3v) is 11.8. The molecule has 10 atom stereocenters. The average Bonchev–Trinajstić information content (AvgIpc) is 3.26. The minimum atomic E-state index is -5.19. The number of phosphoric ester groups is 1. The molecule has 1 saturated carbocycles. The third kappa shape index (κ3) is 29.1. The van der Waals surface area contributed by atoms with Crippen LogP contribution in [0.25, 0.3) is 0 Å². The standard InChI is InChI=1S/C47H83O15P/c1-3-5-7-9-11-13-15-17-18-19-21-23-25-27-29-33-41(51)61-37(36-60-63(57,58)62-47-45(55)43(53)42(52)44(54)46(47)56)35-59-40(50)34-30-32-39(49)38(48)31-28-26-24-22-20-16-14-12-10-8-6-4-2/h12-15,20,22,26,28,37-39,42-49,52-56H,3-11,16-19,21,23-25,27,29-36H2,1-2H3,(H,57,58)/b14-12-,15-13-,22-20-,28-26-/t37-,38?,39?,42?,43-,44+,45-,46-,47?/m1/s1. The first kappa shape index (κ1) is 58.7. The van der Waals surface area contributed by atoms with Gasteiger partial charge in [-0.15, -0.1) is 0 Å². The Morgan fingerprint density at radius 1 is 0.556 bits per heavy atom. The van der Waals surface area contributed by atoms with Crippen molar-refractivity contribution >= 4 is 19.8 Å². The normalized spacial score (nSPS) is 23.1. The number of carbonyl (C=O) groups excluding carboxylic acids is 2. The second-order valence-corrected chi connectivity index (χ2v) is 18.0. The summed E-state index contributed by atoms with van der Waals surface area (Å²) >= 11 is 0. The second-order valence-electron chi connectivity index (χ2n) is 16.6. The van der Waals surface area contributed by atoms with Crippen LogP contribution in [0.2, 0.25) is 0 Å². The summed E-state index contributed by atoms with van der Waals surface area (Å²) in [6, 6.07) is 0. The number of ether oxygens (including phenoxy) is 2. The molecule has 1 aliphatic rings. The molecule has 0 aromatic heterocycles. The van der Waals surface area contributed by atoms with Gasteiger partial charge in [0.15, 0.2) is 6.10 Å². The minimum Gasteiger partial charge on any atom is -0.462 e. The Bertz CT molecular complexity index is 1320. The van der Waals surface area contributed by atoms with Gasteiger partial charge in [-0.2, -0.15) is 0 Å². The predicted octanol–water partition coefficient (Wildman–Crippen LogP) is 7.11. The van der Waals surface area contributed by atoms with E-state index in [0.29, 0.717) is 12.8 Å². The Hall–Kier alpha value is -2.27. The summed E-state index contributed by atoms with van der Waals surface area (Å²) in [5, 5.41) is 70.9. The summed E-state index contributed by atoms with van der Waals surface area (Å²) in [5.74, 6) is -1.39. The van der Waals surface area contributed by atoms with E-state index >= 15 is 0 Å². The second kappa shape index (κ2) is 36.9. The third-order valence-electron chi connectivity index (χ3n) is 10.8. The maximum absolute atomic E-state index is 12.8. The molecule has 1 rings (SSSR count). The van der Waals surface area contributed by atoms with E-state index < -0.39 is 87.9 Å². The molecule has 0 bridgehead atoms. The number of hydrogen-bond donors (Lipinski definition) is 8. The van der Waals surface area contributed by atoms with Gasteiger partial charge in [0.1, 0.15) is 43.2 Å². The summed E-state index contributed by atoms with van der Waals surface area (Å²) in [7, 11) is -5.19. The van der Waals surface area contributed by atoms with E-state index in [1.54, 1.807) is 6.08 Å². The van der Waals surface area contributed by atoms with Crippen LogP contribution in [0.1, 0.15) is 168 Å². The number of rotatable bonds is 38. The number of carbonyl (C=O) groups is 2. The van der Waals surface area contributed by atoms with Crippen molar-refractivity contribution in [2.45, 2.75) is 223 Å². The summed E-state index contributed by atoms with van der Waals surface area (Å²) in [5.41, 5.74) is 0. The van der Waals surface area contributed by atoms with Crippen LogP contribution in [0, 0.1) is 0 Å². The lowest BCUT2D eigenvalue weighted by atomic mass is 9.85. The molecule has 0 amide bonds. The highest BCUT2D eigenvalue weighted by Gasteiger charge is 2.51. The molecule has 16 heteroatoms. The average molecular weight is 919 g/mol. The quantitative estimate of drug-likeness (QED) is 0.0133. The van der Waals surface area contributed by atoms with Crippen LogP contribution in [0.4, 0.5) is 0 Å². The molecule has 0 aliphatic heterocycles. The van der Waals surface area contributed by atoms with Gasteiger partial charge in [0, 0.05) is 12.8 Å². The zero-order valence-corrected chi connectivity index (χ0v) is 39.0. The molecule has 8 N–H and O–H groups in total. The number of esters is 2. The van der Waals surface area contributed by atoms with Gasteiger partial charge in [0.25, 0.3) is 0 Å². The number of unbranched alkanes of at least 4 members (excludes halogenated alkanes) is 14. The molecule has 5 unspecified atom stereocenters. The molecule has 0 spiro atoms. The highest BCUT2D eigenvalue weighted by Crippen LogP contribution is 2.47. The number of hydrogen-bond acceptors (Lipinski definition) is 14. The van der Waals surface area contributed by atoms with Gasteiger partial charge in [-0.1, -0.05) is 127 Å². The molecule has 0 aromatic carbocycles. The van der Waals surface area contributed by atoms with Gasteiger partial charge in [-0.3, -0.25) is 18.6 Å². The highest BCUT2D eigenvalue weighted by atomic mass is 31.2. The van der Waals surface area contributed by atoms with Gasteiger partial charge < -0.3 is 50.1 Å². The Labute approximate surface area is 376 Å². The number of aliphatic hydroxyl groups excluding tert-OH is 7. The smallest absolute Gasteiger partial charge is 0.462 e. The van der Waals surface area contributed by atoms with Crippen LogP contribution in [0.3, 0.4) is 0 Å². The topological polar surface area (TPSA) is 250 Å². The maximum atomic E-state index is 12.8. The largest absolute Gasteiger partial charge is 0.472 e. The lowest BCUT2D eigenvalue weighted by molar-refractivity contribution is -0.220. The molecule has 0 heterocycles. The van der Waals surface area contributed by atoms with Gasteiger partial charge in [-0.05, 0) is 77.0 Å². The summed E-state index contributed by atoms with van der Waals surface area (Å²) in [6.45, 7) is 3.00. The molecule has 1 fully saturated rings. The van der Waals surface area contributed by atoms with Crippen LogP contribution in [0.15, 0.2) is 48.6 Å². The summed E-state index contributed by atoms with van der Waals surface area (Å²) in [4.78, 5) is 35.8. The first-order chi connectivity index (χ1) is 30.2. The van der Waals surface area contributed by atoms with E-state index in [2.05, 4.69) is 44.2 Å².